The first-order valence-electron chi connectivity index (χ1n) is 6.26. The molecule has 0 saturated carbocycles. The summed E-state index contributed by atoms with van der Waals surface area (Å²) in [5, 5.41) is 0. The summed E-state index contributed by atoms with van der Waals surface area (Å²) >= 11 is 0. The van der Waals surface area contributed by atoms with Gasteiger partial charge in [0.1, 0.15) is 0 Å². The maximum absolute atomic E-state index is 12.5. The molecule has 1 amide bonds. The Morgan fingerprint density at radius 3 is 2.79 bits per heavy atom. The molecule has 1 unspecified atom stereocenters. The number of rotatable bonds is 1. The molecule has 1 aliphatic heterocycles. The molecule has 0 saturated heterocycles. The minimum absolute atomic E-state index is 0.0759. The molecule has 3 rings (SSSR count). The molecule has 1 aromatic carbocycles. The highest BCUT2D eigenvalue weighted by molar-refractivity contribution is 6.07. The molecule has 0 fully saturated rings. The first-order valence-corrected chi connectivity index (χ1v) is 6.26. The van der Waals surface area contributed by atoms with Gasteiger partial charge < -0.3 is 9.88 Å². The first kappa shape index (κ1) is 11.7. The van der Waals surface area contributed by atoms with Crippen LogP contribution in [0.15, 0.2) is 47.4 Å². The van der Waals surface area contributed by atoms with Gasteiger partial charge in [-0.3, -0.25) is 9.59 Å². The number of H-pyrrole nitrogens is 1. The van der Waals surface area contributed by atoms with Crippen LogP contribution in [0.2, 0.25) is 0 Å². The molecule has 0 spiro atoms. The normalized spacial score (nSPS) is 17.3. The second-order valence-electron chi connectivity index (χ2n) is 4.82. The highest BCUT2D eigenvalue weighted by Gasteiger charge is 2.29. The van der Waals surface area contributed by atoms with Crippen molar-refractivity contribution >= 4 is 11.6 Å². The molecule has 2 heterocycles. The number of hydrogen-bond acceptors (Lipinski definition) is 2. The fourth-order valence-corrected chi connectivity index (χ4v) is 2.51. The maximum atomic E-state index is 12.5. The lowest BCUT2D eigenvalue weighted by Crippen LogP contribution is -2.30. The average Bonchev–Trinajstić information content (AvgIpc) is 2.77. The zero-order chi connectivity index (χ0) is 13.4. The molecule has 4 nitrogen and oxygen atoms in total. The lowest BCUT2D eigenvalue weighted by atomic mass is 10.0. The fraction of sp³-hybridized carbons (Fsp3) is 0.200. The Kier molecular flexibility index (Phi) is 2.71. The Balaban J connectivity index is 1.98. The van der Waals surface area contributed by atoms with E-state index in [0.29, 0.717) is 18.0 Å². The lowest BCUT2D eigenvalue weighted by molar-refractivity contribution is 0.0988. The Morgan fingerprint density at radius 2 is 2.05 bits per heavy atom. The van der Waals surface area contributed by atoms with E-state index >= 15 is 0 Å². The number of hydrogen-bond donors (Lipinski definition) is 1. The van der Waals surface area contributed by atoms with Gasteiger partial charge in [-0.1, -0.05) is 25.1 Å². The number of pyridine rings is 1. The van der Waals surface area contributed by atoms with Gasteiger partial charge in [0.05, 0.1) is 5.56 Å². The van der Waals surface area contributed by atoms with Crippen LogP contribution in [0.4, 0.5) is 5.69 Å². The molecule has 19 heavy (non-hydrogen) atoms. The van der Waals surface area contributed by atoms with Crippen molar-refractivity contribution in [3.8, 4) is 0 Å². The molecule has 2 aromatic rings. The van der Waals surface area contributed by atoms with Crippen molar-refractivity contribution in [2.24, 2.45) is 0 Å². The minimum atomic E-state index is -0.202. The summed E-state index contributed by atoms with van der Waals surface area (Å²) in [6, 6.07) is 10.9. The van der Waals surface area contributed by atoms with Gasteiger partial charge in [0.15, 0.2) is 0 Å². The Hall–Kier alpha value is -2.36. The van der Waals surface area contributed by atoms with Gasteiger partial charge in [0.2, 0.25) is 5.56 Å². The number of fused-ring (bicyclic) bond motifs is 1. The van der Waals surface area contributed by atoms with Crippen LogP contribution in [-0.2, 0) is 0 Å². The number of aromatic nitrogens is 1. The van der Waals surface area contributed by atoms with E-state index in [1.165, 1.54) is 17.8 Å². The quantitative estimate of drug-likeness (QED) is 0.847. The van der Waals surface area contributed by atoms with Gasteiger partial charge in [-0.2, -0.15) is 0 Å². The van der Waals surface area contributed by atoms with Crippen LogP contribution in [0.5, 0.6) is 0 Å². The Labute approximate surface area is 110 Å². The van der Waals surface area contributed by atoms with Crippen molar-refractivity contribution in [1.29, 1.82) is 0 Å². The number of carbonyl (C=O) groups excluding carboxylic acids is 1. The number of benzene rings is 1. The summed E-state index contributed by atoms with van der Waals surface area (Å²) in [6.07, 6.45) is 1.47. The van der Waals surface area contributed by atoms with Gasteiger partial charge in [-0.05, 0) is 17.7 Å². The number of nitrogens with one attached hydrogen (secondary N) is 1. The van der Waals surface area contributed by atoms with E-state index in [0.717, 1.165) is 5.69 Å². The molecule has 1 aromatic heterocycles. The molecular formula is C15H14N2O2. The third-order valence-corrected chi connectivity index (χ3v) is 3.49. The Bertz CT molecular complexity index is 670. The Morgan fingerprint density at radius 1 is 1.26 bits per heavy atom. The van der Waals surface area contributed by atoms with Crippen molar-refractivity contribution in [1.82, 2.24) is 4.98 Å². The molecule has 0 aliphatic carbocycles. The van der Waals surface area contributed by atoms with E-state index in [9.17, 15) is 9.59 Å². The van der Waals surface area contributed by atoms with Crippen molar-refractivity contribution < 1.29 is 4.79 Å². The standard InChI is InChI=1S/C15H14N2O2/c1-10-9-17(13-5-3-2-4-12(10)13)15(19)11-6-7-14(18)16-8-11/h2-8,10H,9H2,1H3,(H,16,18). The number of nitrogens with zero attached hydrogens (tertiary/aromatic N) is 1. The zero-order valence-corrected chi connectivity index (χ0v) is 10.6. The van der Waals surface area contributed by atoms with E-state index in [1.807, 2.05) is 18.2 Å². The summed E-state index contributed by atoms with van der Waals surface area (Å²) in [7, 11) is 0. The minimum Gasteiger partial charge on any atom is -0.328 e. The summed E-state index contributed by atoms with van der Waals surface area (Å²) in [6.45, 7) is 2.79. The molecule has 1 N–H and O–H groups in total. The van der Waals surface area contributed by atoms with Gasteiger partial charge in [-0.25, -0.2) is 0 Å². The summed E-state index contributed by atoms with van der Waals surface area (Å²) in [5.74, 6) is 0.260. The number of aromatic amines is 1. The summed E-state index contributed by atoms with van der Waals surface area (Å²) in [5.41, 5.74) is 2.46. The molecule has 4 heteroatoms. The molecule has 96 valence electrons. The monoisotopic (exact) mass is 254 g/mol. The highest BCUT2D eigenvalue weighted by Crippen LogP contribution is 2.36. The van der Waals surface area contributed by atoms with Gasteiger partial charge in [0, 0.05) is 30.4 Å². The van der Waals surface area contributed by atoms with Crippen LogP contribution in [-0.4, -0.2) is 17.4 Å². The van der Waals surface area contributed by atoms with Crippen LogP contribution in [0.25, 0.3) is 0 Å². The third kappa shape index (κ3) is 1.95. The van der Waals surface area contributed by atoms with Crippen molar-refractivity contribution in [3.63, 3.8) is 0 Å². The van der Waals surface area contributed by atoms with Crippen LogP contribution >= 0.6 is 0 Å². The summed E-state index contributed by atoms with van der Waals surface area (Å²) in [4.78, 5) is 27.8. The fourth-order valence-electron chi connectivity index (χ4n) is 2.51. The number of carbonyl (C=O) groups is 1. The number of anilines is 1. The second kappa shape index (κ2) is 4.39. The maximum Gasteiger partial charge on any atom is 0.259 e. The number of para-hydroxylation sites is 1. The zero-order valence-electron chi connectivity index (χ0n) is 10.6. The van der Waals surface area contributed by atoms with Gasteiger partial charge >= 0.3 is 0 Å². The molecule has 1 atom stereocenters. The van der Waals surface area contributed by atoms with E-state index in [-0.39, 0.29) is 11.5 Å². The highest BCUT2D eigenvalue weighted by atomic mass is 16.2. The van der Waals surface area contributed by atoms with Crippen LogP contribution in [0.3, 0.4) is 0 Å². The number of amides is 1. The van der Waals surface area contributed by atoms with E-state index in [2.05, 4.69) is 18.0 Å². The molecular weight excluding hydrogens is 240 g/mol. The largest absolute Gasteiger partial charge is 0.328 e. The SMILES string of the molecule is CC1CN(C(=O)c2ccc(=O)[nH]c2)c2ccccc21. The van der Waals surface area contributed by atoms with E-state index < -0.39 is 0 Å². The van der Waals surface area contributed by atoms with Crippen molar-refractivity contribution in [3.05, 3.63) is 64.1 Å². The van der Waals surface area contributed by atoms with Crippen LogP contribution in [0.1, 0.15) is 28.8 Å². The van der Waals surface area contributed by atoms with Crippen molar-refractivity contribution in [2.45, 2.75) is 12.8 Å². The lowest BCUT2D eigenvalue weighted by Gasteiger charge is -2.17. The van der Waals surface area contributed by atoms with Crippen LogP contribution in [0, 0.1) is 0 Å². The van der Waals surface area contributed by atoms with Crippen molar-refractivity contribution in [2.75, 3.05) is 11.4 Å². The predicted molar refractivity (Wildman–Crippen MR) is 73.6 cm³/mol. The topological polar surface area (TPSA) is 53.2 Å². The molecule has 0 radical (unpaired) electrons. The second-order valence-corrected chi connectivity index (χ2v) is 4.82. The third-order valence-electron chi connectivity index (χ3n) is 3.49. The first-order chi connectivity index (χ1) is 9.16. The smallest absolute Gasteiger partial charge is 0.259 e. The van der Waals surface area contributed by atoms with E-state index in [1.54, 1.807) is 11.0 Å². The van der Waals surface area contributed by atoms with Gasteiger partial charge in [0.25, 0.3) is 5.91 Å². The van der Waals surface area contributed by atoms with Crippen LogP contribution < -0.4 is 10.5 Å². The summed E-state index contributed by atoms with van der Waals surface area (Å²) < 4.78 is 0. The predicted octanol–water partition coefficient (Wildman–Crippen LogP) is 2.14. The molecule has 1 aliphatic rings. The average molecular weight is 254 g/mol. The van der Waals surface area contributed by atoms with Gasteiger partial charge in [-0.15, -0.1) is 0 Å². The van der Waals surface area contributed by atoms with E-state index in [4.69, 9.17) is 0 Å². The molecule has 0 bridgehead atoms.